The molecule has 0 aliphatic carbocycles. The zero-order chi connectivity index (χ0) is 13.8. The van der Waals surface area contributed by atoms with Gasteiger partial charge in [0.15, 0.2) is 5.43 Å². The third-order valence-corrected chi connectivity index (χ3v) is 4.31. The standard InChI is InChI=1S/C15H17NO3S/c17-13-11-15(19-14-4-2-1-3-12(13)14)18-8-5-16-6-9-20-10-7-16/h1-4,11H,5-10H2. The minimum absolute atomic E-state index is 0.0591. The average molecular weight is 291 g/mol. The van der Waals surface area contributed by atoms with Crippen LogP contribution >= 0.6 is 11.8 Å². The van der Waals surface area contributed by atoms with Crippen LogP contribution in [-0.2, 0) is 0 Å². The van der Waals surface area contributed by atoms with E-state index in [9.17, 15) is 4.79 Å². The first-order valence-electron chi connectivity index (χ1n) is 6.79. The van der Waals surface area contributed by atoms with Gasteiger partial charge in [-0.15, -0.1) is 0 Å². The summed E-state index contributed by atoms with van der Waals surface area (Å²) in [6, 6.07) is 8.64. The van der Waals surface area contributed by atoms with Crippen LogP contribution < -0.4 is 10.2 Å². The first-order chi connectivity index (χ1) is 9.83. The molecule has 1 aliphatic heterocycles. The highest BCUT2D eigenvalue weighted by Gasteiger charge is 2.10. The molecule has 0 radical (unpaired) electrons. The van der Waals surface area contributed by atoms with E-state index in [0.29, 0.717) is 23.5 Å². The third-order valence-electron chi connectivity index (χ3n) is 3.37. The van der Waals surface area contributed by atoms with Crippen LogP contribution in [0.5, 0.6) is 5.95 Å². The predicted octanol–water partition coefficient (Wildman–Crippen LogP) is 2.22. The Morgan fingerprint density at radius 1 is 1.25 bits per heavy atom. The van der Waals surface area contributed by atoms with Crippen LogP contribution in [0.2, 0.25) is 0 Å². The smallest absolute Gasteiger partial charge is 0.288 e. The lowest BCUT2D eigenvalue weighted by Gasteiger charge is -2.25. The summed E-state index contributed by atoms with van der Waals surface area (Å²) in [5.41, 5.74) is 0.514. The van der Waals surface area contributed by atoms with Crippen molar-refractivity contribution >= 4 is 22.7 Å². The Bertz CT molecular complexity index is 634. The van der Waals surface area contributed by atoms with Gasteiger partial charge in [0.05, 0.1) is 11.5 Å². The Labute approximate surface area is 121 Å². The maximum atomic E-state index is 11.9. The van der Waals surface area contributed by atoms with Crippen LogP contribution in [0.4, 0.5) is 0 Å². The number of benzene rings is 1. The number of ether oxygens (including phenoxy) is 1. The summed E-state index contributed by atoms with van der Waals surface area (Å²) >= 11 is 1.99. The van der Waals surface area contributed by atoms with E-state index in [1.807, 2.05) is 23.9 Å². The van der Waals surface area contributed by atoms with Crippen molar-refractivity contribution in [2.45, 2.75) is 0 Å². The van der Waals surface area contributed by atoms with Crippen molar-refractivity contribution in [1.29, 1.82) is 0 Å². The second-order valence-electron chi connectivity index (χ2n) is 4.73. The molecule has 106 valence electrons. The molecule has 0 atom stereocenters. The first kappa shape index (κ1) is 13.5. The van der Waals surface area contributed by atoms with E-state index in [1.165, 1.54) is 17.6 Å². The molecule has 4 nitrogen and oxygen atoms in total. The normalized spacial score (nSPS) is 16.4. The fraction of sp³-hybridized carbons (Fsp3) is 0.400. The van der Waals surface area contributed by atoms with E-state index in [-0.39, 0.29) is 5.43 Å². The minimum Gasteiger partial charge on any atom is -0.464 e. The number of nitrogens with zero attached hydrogens (tertiary/aromatic N) is 1. The largest absolute Gasteiger partial charge is 0.464 e. The molecule has 1 aromatic heterocycles. The van der Waals surface area contributed by atoms with Gasteiger partial charge >= 0.3 is 0 Å². The molecule has 0 saturated carbocycles. The summed E-state index contributed by atoms with van der Waals surface area (Å²) in [6.45, 7) is 3.63. The van der Waals surface area contributed by atoms with E-state index in [4.69, 9.17) is 9.15 Å². The maximum absolute atomic E-state index is 11.9. The van der Waals surface area contributed by atoms with Gasteiger partial charge in [0.1, 0.15) is 12.2 Å². The number of para-hydroxylation sites is 1. The Morgan fingerprint density at radius 3 is 2.90 bits per heavy atom. The lowest BCUT2D eigenvalue weighted by atomic mass is 10.2. The first-order valence-corrected chi connectivity index (χ1v) is 7.94. The SMILES string of the molecule is O=c1cc(OCCN2CCSCC2)oc2ccccc12. The topological polar surface area (TPSA) is 42.7 Å². The quantitative estimate of drug-likeness (QED) is 0.864. The van der Waals surface area contributed by atoms with E-state index in [1.54, 1.807) is 12.1 Å². The highest BCUT2D eigenvalue weighted by molar-refractivity contribution is 7.99. The van der Waals surface area contributed by atoms with Crippen molar-refractivity contribution in [1.82, 2.24) is 4.90 Å². The van der Waals surface area contributed by atoms with Gasteiger partial charge in [0.25, 0.3) is 5.95 Å². The molecule has 0 N–H and O–H groups in total. The van der Waals surface area contributed by atoms with Crippen LogP contribution in [0.15, 0.2) is 39.5 Å². The number of hydrogen-bond donors (Lipinski definition) is 0. The molecule has 1 saturated heterocycles. The highest BCUT2D eigenvalue weighted by Crippen LogP contribution is 2.17. The second-order valence-corrected chi connectivity index (χ2v) is 5.95. The van der Waals surface area contributed by atoms with Crippen LogP contribution in [-0.4, -0.2) is 42.6 Å². The zero-order valence-electron chi connectivity index (χ0n) is 11.2. The summed E-state index contributed by atoms with van der Waals surface area (Å²) in [5, 5.41) is 0.591. The Hall–Kier alpha value is -1.46. The molecular weight excluding hydrogens is 274 g/mol. The van der Waals surface area contributed by atoms with E-state index >= 15 is 0 Å². The minimum atomic E-state index is -0.0591. The van der Waals surface area contributed by atoms with Crippen molar-refractivity contribution in [3.05, 3.63) is 40.6 Å². The molecule has 0 amide bonds. The molecule has 2 aromatic rings. The van der Waals surface area contributed by atoms with E-state index in [0.717, 1.165) is 19.6 Å². The van der Waals surface area contributed by atoms with Crippen LogP contribution in [0.3, 0.4) is 0 Å². The summed E-state index contributed by atoms with van der Waals surface area (Å²) in [5.74, 6) is 2.68. The van der Waals surface area contributed by atoms with Gasteiger partial charge in [0.2, 0.25) is 0 Å². The van der Waals surface area contributed by atoms with Crippen LogP contribution in [0.25, 0.3) is 11.0 Å². The number of rotatable bonds is 4. The van der Waals surface area contributed by atoms with Gasteiger partial charge in [-0.1, -0.05) is 12.1 Å². The van der Waals surface area contributed by atoms with Gasteiger partial charge in [0, 0.05) is 31.1 Å². The molecule has 0 unspecified atom stereocenters. The maximum Gasteiger partial charge on any atom is 0.288 e. The third kappa shape index (κ3) is 3.16. The van der Waals surface area contributed by atoms with Gasteiger partial charge < -0.3 is 9.15 Å². The molecule has 1 fully saturated rings. The molecule has 20 heavy (non-hydrogen) atoms. The molecule has 0 bridgehead atoms. The van der Waals surface area contributed by atoms with E-state index in [2.05, 4.69) is 4.90 Å². The Morgan fingerprint density at radius 2 is 2.05 bits per heavy atom. The van der Waals surface area contributed by atoms with Crippen molar-refractivity contribution in [2.24, 2.45) is 0 Å². The molecule has 1 aromatic carbocycles. The summed E-state index contributed by atoms with van der Waals surface area (Å²) in [7, 11) is 0. The predicted molar refractivity (Wildman–Crippen MR) is 81.7 cm³/mol. The van der Waals surface area contributed by atoms with Crippen molar-refractivity contribution in [2.75, 3.05) is 37.7 Å². The summed E-state index contributed by atoms with van der Waals surface area (Å²) < 4.78 is 11.2. The van der Waals surface area contributed by atoms with Gasteiger partial charge in [-0.3, -0.25) is 9.69 Å². The van der Waals surface area contributed by atoms with Crippen LogP contribution in [0.1, 0.15) is 0 Å². The summed E-state index contributed by atoms with van der Waals surface area (Å²) in [4.78, 5) is 14.3. The Balaban J connectivity index is 1.64. The molecule has 0 spiro atoms. The van der Waals surface area contributed by atoms with Crippen LogP contribution in [0, 0.1) is 0 Å². The van der Waals surface area contributed by atoms with Gasteiger partial charge in [-0.2, -0.15) is 11.8 Å². The molecule has 1 aliphatic rings. The molecule has 2 heterocycles. The van der Waals surface area contributed by atoms with Crippen molar-refractivity contribution < 1.29 is 9.15 Å². The summed E-state index contributed by atoms with van der Waals surface area (Å²) in [6.07, 6.45) is 0. The van der Waals surface area contributed by atoms with E-state index < -0.39 is 0 Å². The molecule has 3 rings (SSSR count). The fourth-order valence-electron chi connectivity index (χ4n) is 2.25. The molecular formula is C15H17NO3S. The van der Waals surface area contributed by atoms with Crippen molar-refractivity contribution in [3.8, 4) is 5.95 Å². The number of hydrogen-bond acceptors (Lipinski definition) is 5. The monoisotopic (exact) mass is 291 g/mol. The second kappa shape index (κ2) is 6.33. The number of fused-ring (bicyclic) bond motifs is 1. The highest BCUT2D eigenvalue weighted by atomic mass is 32.2. The average Bonchev–Trinajstić information content (AvgIpc) is 2.48. The van der Waals surface area contributed by atoms with Gasteiger partial charge in [-0.05, 0) is 12.1 Å². The Kier molecular flexibility index (Phi) is 4.28. The fourth-order valence-corrected chi connectivity index (χ4v) is 3.23. The van der Waals surface area contributed by atoms with Gasteiger partial charge in [-0.25, -0.2) is 0 Å². The number of thioether (sulfide) groups is 1. The van der Waals surface area contributed by atoms with Crippen molar-refractivity contribution in [3.63, 3.8) is 0 Å². The lowest BCUT2D eigenvalue weighted by molar-refractivity contribution is 0.191. The molecule has 5 heteroatoms. The lowest BCUT2D eigenvalue weighted by Crippen LogP contribution is -2.35. The zero-order valence-corrected chi connectivity index (χ0v) is 12.0.